The number of nitrogens with zero attached hydrogens (tertiary/aromatic N) is 4. The predicted molar refractivity (Wildman–Crippen MR) is 111 cm³/mol. The molecule has 4 aromatic heterocycles. The van der Waals surface area contributed by atoms with Gasteiger partial charge < -0.3 is 24.0 Å². The predicted octanol–water partition coefficient (Wildman–Crippen LogP) is 2.01. The van der Waals surface area contributed by atoms with E-state index in [2.05, 4.69) is 25.6 Å². The van der Waals surface area contributed by atoms with Gasteiger partial charge in [0.15, 0.2) is 17.1 Å². The molecule has 0 bridgehead atoms. The van der Waals surface area contributed by atoms with Crippen LogP contribution in [0.2, 0.25) is 0 Å². The number of hydrogen-bond acceptors (Lipinski definition) is 6. The van der Waals surface area contributed by atoms with E-state index in [4.69, 9.17) is 4.42 Å². The van der Waals surface area contributed by atoms with Gasteiger partial charge in [0.2, 0.25) is 0 Å². The number of imidazole rings is 2. The number of aryl methyl sites for hydroxylation is 1. The third kappa shape index (κ3) is 3.33. The average molecular weight is 417 g/mol. The Balaban J connectivity index is 1.37. The maximum atomic E-state index is 12.7. The van der Waals surface area contributed by atoms with Crippen molar-refractivity contribution >= 4 is 39.8 Å². The molecule has 0 spiro atoms. The van der Waals surface area contributed by atoms with Gasteiger partial charge in [-0.1, -0.05) is 0 Å². The number of hydrogen-bond donors (Lipinski definition) is 3. The fraction of sp³-hybridized carbons (Fsp3) is 0.0500. The molecule has 5 rings (SSSR count). The molecular weight excluding hydrogens is 402 g/mol. The molecule has 5 aromatic rings. The largest absolute Gasteiger partial charge is 0.417 e. The van der Waals surface area contributed by atoms with Gasteiger partial charge in [-0.2, -0.15) is 0 Å². The first-order valence-electron chi connectivity index (χ1n) is 9.17. The Kier molecular flexibility index (Phi) is 4.14. The summed E-state index contributed by atoms with van der Waals surface area (Å²) in [6, 6.07) is 8.20. The van der Waals surface area contributed by atoms with Crippen LogP contribution < -0.4 is 16.4 Å². The van der Waals surface area contributed by atoms with E-state index in [-0.39, 0.29) is 17.4 Å². The fourth-order valence-electron chi connectivity index (χ4n) is 3.23. The molecule has 4 heterocycles. The van der Waals surface area contributed by atoms with Gasteiger partial charge in [-0.05, 0) is 24.3 Å². The lowest BCUT2D eigenvalue weighted by molar-refractivity contribution is 0.100. The molecule has 1 aromatic carbocycles. The fourth-order valence-corrected chi connectivity index (χ4v) is 3.23. The molecule has 0 saturated heterocycles. The van der Waals surface area contributed by atoms with Crippen molar-refractivity contribution in [2.24, 2.45) is 7.05 Å². The summed E-state index contributed by atoms with van der Waals surface area (Å²) < 4.78 is 8.26. The molecular formula is C20H15N7O4. The molecule has 0 aliphatic rings. The minimum absolute atomic E-state index is 0.206. The molecule has 0 atom stereocenters. The smallest absolute Gasteiger partial charge is 0.408 e. The van der Waals surface area contributed by atoms with E-state index < -0.39 is 11.7 Å². The topological polar surface area (TPSA) is 139 Å². The van der Waals surface area contributed by atoms with E-state index in [0.717, 1.165) is 0 Å². The highest BCUT2D eigenvalue weighted by Gasteiger charge is 2.16. The maximum absolute atomic E-state index is 12.7. The van der Waals surface area contributed by atoms with Gasteiger partial charge in [-0.15, -0.1) is 0 Å². The summed E-state index contributed by atoms with van der Waals surface area (Å²) >= 11 is 0. The van der Waals surface area contributed by atoms with Crippen LogP contribution in [0, 0.1) is 0 Å². The molecule has 0 saturated carbocycles. The molecule has 11 nitrogen and oxygen atoms in total. The lowest BCUT2D eigenvalue weighted by atomic mass is 10.2. The third-order valence-corrected chi connectivity index (χ3v) is 4.71. The maximum Gasteiger partial charge on any atom is 0.417 e. The second-order valence-corrected chi connectivity index (χ2v) is 6.80. The quantitative estimate of drug-likeness (QED) is 0.409. The van der Waals surface area contributed by atoms with E-state index in [1.165, 1.54) is 6.33 Å². The van der Waals surface area contributed by atoms with Crippen LogP contribution in [0.4, 0.5) is 11.4 Å². The second-order valence-electron chi connectivity index (χ2n) is 6.80. The van der Waals surface area contributed by atoms with Crippen LogP contribution in [0.15, 0.2) is 64.5 Å². The highest BCUT2D eigenvalue weighted by atomic mass is 16.4. The highest BCUT2D eigenvalue weighted by molar-refractivity contribution is 6.08. The second kappa shape index (κ2) is 6.99. The average Bonchev–Trinajstić information content (AvgIpc) is 3.44. The van der Waals surface area contributed by atoms with Crippen molar-refractivity contribution in [2.75, 3.05) is 10.6 Å². The number of rotatable bonds is 4. The van der Waals surface area contributed by atoms with Gasteiger partial charge in [0.25, 0.3) is 11.8 Å². The van der Waals surface area contributed by atoms with Gasteiger partial charge in [-0.25, -0.2) is 14.8 Å². The van der Waals surface area contributed by atoms with Gasteiger partial charge in [0.1, 0.15) is 6.33 Å². The number of aromatic amines is 1. The zero-order valence-corrected chi connectivity index (χ0v) is 16.1. The number of carbonyl (C=O) groups excluding carboxylic acids is 2. The Hall–Kier alpha value is -4.67. The first-order chi connectivity index (χ1) is 15.0. The van der Waals surface area contributed by atoms with Crippen molar-refractivity contribution < 1.29 is 14.0 Å². The SMILES string of the molecule is Cn1ccnc1C(=O)Nc1ccc2c(C(=O)Nc3ccc4[nH]c(=O)oc4c3)ncn2c1. The molecule has 154 valence electrons. The lowest BCUT2D eigenvalue weighted by Gasteiger charge is -2.07. The molecule has 3 N–H and O–H groups in total. The number of pyridine rings is 1. The number of nitrogens with one attached hydrogen (secondary N) is 3. The van der Waals surface area contributed by atoms with E-state index in [1.807, 2.05) is 0 Å². The van der Waals surface area contributed by atoms with Crippen LogP contribution in [0.25, 0.3) is 16.6 Å². The van der Waals surface area contributed by atoms with Crippen molar-refractivity contribution in [3.05, 3.63) is 77.3 Å². The highest BCUT2D eigenvalue weighted by Crippen LogP contribution is 2.19. The minimum atomic E-state index is -0.565. The summed E-state index contributed by atoms with van der Waals surface area (Å²) in [5.74, 6) is -1.06. The Labute approximate surface area is 173 Å². The van der Waals surface area contributed by atoms with Gasteiger partial charge >= 0.3 is 5.76 Å². The monoisotopic (exact) mass is 417 g/mol. The number of benzene rings is 1. The van der Waals surface area contributed by atoms with Crippen LogP contribution >= 0.6 is 0 Å². The Morgan fingerprint density at radius 3 is 2.68 bits per heavy atom. The lowest BCUT2D eigenvalue weighted by Crippen LogP contribution is -2.17. The number of anilines is 2. The molecule has 0 aliphatic heterocycles. The summed E-state index contributed by atoms with van der Waals surface area (Å²) in [5.41, 5.74) is 2.62. The summed E-state index contributed by atoms with van der Waals surface area (Å²) in [6.45, 7) is 0. The van der Waals surface area contributed by atoms with Gasteiger partial charge in [-0.3, -0.25) is 14.6 Å². The Bertz CT molecular complexity index is 1520. The first kappa shape index (κ1) is 18.4. The summed E-state index contributed by atoms with van der Waals surface area (Å²) in [4.78, 5) is 47.1. The van der Waals surface area contributed by atoms with Gasteiger partial charge in [0, 0.05) is 37.4 Å². The van der Waals surface area contributed by atoms with Crippen LogP contribution in [-0.2, 0) is 7.05 Å². The van der Waals surface area contributed by atoms with Crippen molar-refractivity contribution in [1.29, 1.82) is 0 Å². The van der Waals surface area contributed by atoms with E-state index >= 15 is 0 Å². The zero-order valence-electron chi connectivity index (χ0n) is 16.1. The number of fused-ring (bicyclic) bond motifs is 2. The molecule has 0 fully saturated rings. The van der Waals surface area contributed by atoms with Crippen LogP contribution in [0.1, 0.15) is 21.1 Å². The summed E-state index contributed by atoms with van der Waals surface area (Å²) in [7, 11) is 1.73. The number of H-pyrrole nitrogens is 1. The standard InChI is InChI=1S/C20H15N7O4/c1-26-7-6-21-17(26)19(29)24-12-3-5-14-16(22-10-27(14)9-12)18(28)23-11-2-4-13-15(8-11)31-20(30)25-13/h2-10H,1H3,(H,23,28)(H,24,29)(H,25,30). The Morgan fingerprint density at radius 1 is 1.06 bits per heavy atom. The van der Waals surface area contributed by atoms with Crippen molar-refractivity contribution in [3.8, 4) is 0 Å². The minimum Gasteiger partial charge on any atom is -0.408 e. The molecule has 2 amide bonds. The van der Waals surface area contributed by atoms with Crippen LogP contribution in [0.5, 0.6) is 0 Å². The van der Waals surface area contributed by atoms with Crippen LogP contribution in [-0.4, -0.2) is 35.7 Å². The van der Waals surface area contributed by atoms with Crippen LogP contribution in [0.3, 0.4) is 0 Å². The first-order valence-corrected chi connectivity index (χ1v) is 9.17. The van der Waals surface area contributed by atoms with E-state index in [9.17, 15) is 14.4 Å². The number of carbonyl (C=O) groups is 2. The van der Waals surface area contributed by atoms with E-state index in [1.54, 1.807) is 64.9 Å². The Morgan fingerprint density at radius 2 is 1.87 bits per heavy atom. The molecule has 0 radical (unpaired) electrons. The van der Waals surface area contributed by atoms with Gasteiger partial charge in [0.05, 0.1) is 16.7 Å². The van der Waals surface area contributed by atoms with E-state index in [0.29, 0.717) is 28.0 Å². The molecule has 31 heavy (non-hydrogen) atoms. The molecule has 11 heteroatoms. The number of amides is 2. The number of aromatic nitrogens is 5. The molecule has 0 aliphatic carbocycles. The number of oxazole rings is 1. The summed E-state index contributed by atoms with van der Waals surface area (Å²) in [5, 5.41) is 5.50. The molecule has 0 unspecified atom stereocenters. The van der Waals surface area contributed by atoms with Crippen molar-refractivity contribution in [3.63, 3.8) is 0 Å². The zero-order chi connectivity index (χ0) is 21.5. The summed E-state index contributed by atoms with van der Waals surface area (Å²) in [6.07, 6.45) is 6.36. The normalized spacial score (nSPS) is 11.1. The van der Waals surface area contributed by atoms with Crippen molar-refractivity contribution in [2.45, 2.75) is 0 Å². The van der Waals surface area contributed by atoms with Crippen molar-refractivity contribution in [1.82, 2.24) is 23.9 Å². The third-order valence-electron chi connectivity index (χ3n) is 4.71.